The van der Waals surface area contributed by atoms with Crippen molar-refractivity contribution in [3.63, 3.8) is 0 Å². The molecule has 0 bridgehead atoms. The number of alkyl halides is 3. The number of ether oxygens (including phenoxy) is 1. The first kappa shape index (κ1) is 25.8. The molecule has 0 saturated carbocycles. The van der Waals surface area contributed by atoms with Crippen molar-refractivity contribution in [2.24, 2.45) is 0 Å². The first-order chi connectivity index (χ1) is 16.3. The summed E-state index contributed by atoms with van der Waals surface area (Å²) in [6.45, 7) is 1.96. The number of hydrogen-bond acceptors (Lipinski definition) is 5. The normalized spacial score (nSPS) is 12.2. The number of hydrogen-bond donors (Lipinski definition) is 2. The van der Waals surface area contributed by atoms with Crippen LogP contribution in [-0.2, 0) is 0 Å². The summed E-state index contributed by atoms with van der Waals surface area (Å²) in [6.07, 6.45) is -6.34. The molecule has 1 amide bonds. The van der Waals surface area contributed by atoms with Gasteiger partial charge in [0.15, 0.2) is 11.8 Å². The van der Waals surface area contributed by atoms with E-state index < -0.39 is 64.0 Å². The van der Waals surface area contributed by atoms with Crippen LogP contribution in [0.2, 0.25) is 5.02 Å². The van der Waals surface area contributed by atoms with Crippen molar-refractivity contribution >= 4 is 29.2 Å². The third-order valence-corrected chi connectivity index (χ3v) is 5.02. The number of para-hydroxylation sites is 1. The van der Waals surface area contributed by atoms with Gasteiger partial charge in [-0.2, -0.15) is 13.2 Å². The Morgan fingerprint density at radius 3 is 2.43 bits per heavy atom. The Bertz CT molecular complexity index is 1300. The lowest BCUT2D eigenvalue weighted by Gasteiger charge is -2.21. The number of nitrogens with one attached hydrogen (secondary N) is 1. The van der Waals surface area contributed by atoms with E-state index in [1.54, 1.807) is 0 Å². The summed E-state index contributed by atoms with van der Waals surface area (Å²) in [7, 11) is 0. The Hall–Kier alpha value is -3.80. The van der Waals surface area contributed by atoms with E-state index in [4.69, 9.17) is 21.4 Å². The van der Waals surface area contributed by atoms with E-state index in [0.717, 1.165) is 18.3 Å². The van der Waals surface area contributed by atoms with Crippen LogP contribution in [0, 0.1) is 18.6 Å². The van der Waals surface area contributed by atoms with Crippen LogP contribution in [0.15, 0.2) is 36.5 Å². The molecule has 1 unspecified atom stereocenters. The van der Waals surface area contributed by atoms with Crippen LogP contribution < -0.4 is 10.1 Å². The zero-order valence-electron chi connectivity index (χ0n) is 17.9. The molecule has 0 aliphatic rings. The maximum atomic E-state index is 15.0. The number of carbonyl (C=O) groups excluding carboxylic acids is 1. The Morgan fingerprint density at radius 1 is 1.17 bits per heavy atom. The molecule has 0 fully saturated rings. The van der Waals surface area contributed by atoms with Gasteiger partial charge in [-0.3, -0.25) is 4.79 Å². The second-order valence-electron chi connectivity index (χ2n) is 7.18. The monoisotopic (exact) mass is 515 g/mol. The molecule has 2 N–H and O–H groups in total. The molecule has 0 radical (unpaired) electrons. The van der Waals surface area contributed by atoms with Gasteiger partial charge < -0.3 is 15.2 Å². The molecule has 0 aliphatic carbocycles. The smallest absolute Gasteiger partial charge is 0.425 e. The van der Waals surface area contributed by atoms with Gasteiger partial charge in [0.25, 0.3) is 5.91 Å². The minimum atomic E-state index is -4.84. The number of anilines is 1. The second kappa shape index (κ2) is 9.82. The topological polar surface area (TPSA) is 101 Å². The van der Waals surface area contributed by atoms with Gasteiger partial charge in [-0.1, -0.05) is 17.7 Å². The third kappa shape index (κ3) is 5.65. The molecule has 3 rings (SSSR count). The first-order valence-electron chi connectivity index (χ1n) is 9.69. The predicted octanol–water partition coefficient (Wildman–Crippen LogP) is 5.66. The molecule has 35 heavy (non-hydrogen) atoms. The Morgan fingerprint density at radius 2 is 1.86 bits per heavy atom. The molecular formula is C22H15ClF5N3O4. The highest BCUT2D eigenvalue weighted by Crippen LogP contribution is 2.34. The van der Waals surface area contributed by atoms with E-state index in [1.807, 2.05) is 0 Å². The summed E-state index contributed by atoms with van der Waals surface area (Å²) in [5, 5.41) is 11.0. The standard InChI is InChI=1S/C22H15ClF5N3O4/c1-9-18(21(33)34)29-8-16(30-9)11-7-17(35-10(2)22(26,27)28)12(6-15(11)25)20(32)31-19-13(23)4-3-5-14(19)24/h3-8,10H,1-2H3,(H,31,32)(H,33,34). The maximum Gasteiger partial charge on any atom is 0.425 e. The van der Waals surface area contributed by atoms with Crippen LogP contribution in [0.3, 0.4) is 0 Å². The van der Waals surface area contributed by atoms with Gasteiger partial charge in [-0.05, 0) is 38.1 Å². The highest BCUT2D eigenvalue weighted by Gasteiger charge is 2.39. The van der Waals surface area contributed by atoms with Crippen LogP contribution >= 0.6 is 11.6 Å². The van der Waals surface area contributed by atoms with Gasteiger partial charge in [0.2, 0.25) is 0 Å². The Balaban J connectivity index is 2.11. The highest BCUT2D eigenvalue weighted by molar-refractivity contribution is 6.34. The van der Waals surface area contributed by atoms with Crippen molar-refractivity contribution in [1.29, 1.82) is 0 Å². The fraction of sp³-hybridized carbons (Fsp3) is 0.182. The number of aromatic nitrogens is 2. The number of aromatic carboxylic acids is 1. The Kier molecular flexibility index (Phi) is 7.25. The minimum Gasteiger partial charge on any atom is -0.480 e. The van der Waals surface area contributed by atoms with Gasteiger partial charge in [0.1, 0.15) is 17.4 Å². The zero-order chi connectivity index (χ0) is 26.1. The van der Waals surface area contributed by atoms with Gasteiger partial charge >= 0.3 is 12.1 Å². The zero-order valence-corrected chi connectivity index (χ0v) is 18.6. The molecule has 7 nitrogen and oxygen atoms in total. The van der Waals surface area contributed by atoms with Crippen molar-refractivity contribution in [2.45, 2.75) is 26.1 Å². The Labute approximate surface area is 199 Å². The molecule has 3 aromatic rings. The summed E-state index contributed by atoms with van der Waals surface area (Å²) < 4.78 is 73.4. The number of amides is 1. The fourth-order valence-electron chi connectivity index (χ4n) is 2.90. The molecular weight excluding hydrogens is 501 g/mol. The number of carbonyl (C=O) groups is 2. The number of aryl methyl sites for hydroxylation is 1. The predicted molar refractivity (Wildman–Crippen MR) is 115 cm³/mol. The summed E-state index contributed by atoms with van der Waals surface area (Å²) in [4.78, 5) is 31.5. The summed E-state index contributed by atoms with van der Waals surface area (Å²) in [6, 6.07) is 4.88. The molecule has 0 aliphatic heterocycles. The van der Waals surface area contributed by atoms with Gasteiger partial charge in [0.05, 0.1) is 33.9 Å². The van der Waals surface area contributed by atoms with Crippen LogP contribution in [-0.4, -0.2) is 39.2 Å². The quantitative estimate of drug-likeness (QED) is 0.411. The number of carboxylic acids is 1. The van der Waals surface area contributed by atoms with E-state index >= 15 is 0 Å². The number of carboxylic acid groups (broad SMARTS) is 1. The number of rotatable bonds is 6. The van der Waals surface area contributed by atoms with Crippen LogP contribution in [0.25, 0.3) is 11.3 Å². The van der Waals surface area contributed by atoms with Crippen LogP contribution in [0.4, 0.5) is 27.6 Å². The molecule has 13 heteroatoms. The van der Waals surface area contributed by atoms with E-state index in [0.29, 0.717) is 13.0 Å². The van der Waals surface area contributed by atoms with E-state index in [-0.39, 0.29) is 16.4 Å². The summed E-state index contributed by atoms with van der Waals surface area (Å²) >= 11 is 5.87. The van der Waals surface area contributed by atoms with Gasteiger partial charge in [-0.15, -0.1) is 0 Å². The molecule has 0 saturated heterocycles. The molecule has 1 aromatic heterocycles. The van der Waals surface area contributed by atoms with Crippen LogP contribution in [0.5, 0.6) is 5.75 Å². The lowest BCUT2D eigenvalue weighted by atomic mass is 10.1. The largest absolute Gasteiger partial charge is 0.480 e. The average Bonchev–Trinajstić information content (AvgIpc) is 2.76. The van der Waals surface area contributed by atoms with E-state index in [2.05, 4.69) is 15.3 Å². The van der Waals surface area contributed by atoms with Crippen LogP contribution in [0.1, 0.15) is 33.5 Å². The average molecular weight is 516 g/mol. The highest BCUT2D eigenvalue weighted by atomic mass is 35.5. The molecule has 0 spiro atoms. The van der Waals surface area contributed by atoms with Gasteiger partial charge in [0, 0.05) is 5.56 Å². The van der Waals surface area contributed by atoms with Crippen molar-refractivity contribution in [2.75, 3.05) is 5.32 Å². The summed E-state index contributed by atoms with van der Waals surface area (Å²) in [5.41, 5.74) is -2.29. The van der Waals surface area contributed by atoms with Crippen molar-refractivity contribution < 1.29 is 41.4 Å². The van der Waals surface area contributed by atoms with Crippen molar-refractivity contribution in [3.05, 3.63) is 70.1 Å². The molecule has 1 atom stereocenters. The lowest BCUT2D eigenvalue weighted by molar-refractivity contribution is -0.189. The number of halogens is 6. The van der Waals surface area contributed by atoms with Crippen molar-refractivity contribution in [3.8, 4) is 17.0 Å². The molecule has 184 valence electrons. The molecule has 1 heterocycles. The fourth-order valence-corrected chi connectivity index (χ4v) is 3.11. The van der Waals surface area contributed by atoms with E-state index in [1.165, 1.54) is 19.1 Å². The van der Waals surface area contributed by atoms with Gasteiger partial charge in [-0.25, -0.2) is 23.5 Å². The molecule has 2 aromatic carbocycles. The van der Waals surface area contributed by atoms with E-state index in [9.17, 15) is 31.5 Å². The third-order valence-electron chi connectivity index (χ3n) is 4.71. The second-order valence-corrected chi connectivity index (χ2v) is 7.58. The lowest BCUT2D eigenvalue weighted by Crippen LogP contribution is -2.32. The SMILES string of the molecule is Cc1nc(-c2cc(OC(C)C(F)(F)F)c(C(=O)Nc3c(F)cccc3Cl)cc2F)cnc1C(=O)O. The minimum absolute atomic E-state index is 0.0865. The number of benzene rings is 2. The number of nitrogens with zero attached hydrogens (tertiary/aromatic N) is 2. The summed E-state index contributed by atoms with van der Waals surface area (Å²) in [5.74, 6) is -5.32. The van der Waals surface area contributed by atoms with Crippen molar-refractivity contribution in [1.82, 2.24) is 9.97 Å². The first-order valence-corrected chi connectivity index (χ1v) is 10.1. The maximum absolute atomic E-state index is 15.0.